The van der Waals surface area contributed by atoms with Crippen LogP contribution in [0.1, 0.15) is 6.42 Å². The highest BCUT2D eigenvalue weighted by Crippen LogP contribution is 2.22. The van der Waals surface area contributed by atoms with Crippen molar-refractivity contribution in [3.05, 3.63) is 24.4 Å². The molecule has 0 amide bonds. The van der Waals surface area contributed by atoms with Gasteiger partial charge in [-0.25, -0.2) is 4.98 Å². The maximum atomic E-state index is 5.81. The maximum absolute atomic E-state index is 5.81. The number of nitrogens with zero attached hydrogens (tertiary/aromatic N) is 2. The van der Waals surface area contributed by atoms with Crippen molar-refractivity contribution in [3.8, 4) is 0 Å². The molecule has 0 N–H and O–H groups in total. The van der Waals surface area contributed by atoms with Gasteiger partial charge < -0.3 is 4.90 Å². The van der Waals surface area contributed by atoms with Crippen LogP contribution in [-0.4, -0.2) is 24.0 Å². The van der Waals surface area contributed by atoms with E-state index in [4.69, 9.17) is 11.6 Å². The summed E-state index contributed by atoms with van der Waals surface area (Å²) in [6.45, 7) is 2.15. The van der Waals surface area contributed by atoms with E-state index in [2.05, 4.69) is 16.0 Å². The zero-order valence-electron chi connectivity index (χ0n) is 7.49. The van der Waals surface area contributed by atoms with Gasteiger partial charge in [-0.15, -0.1) is 11.6 Å². The van der Waals surface area contributed by atoms with Crippen LogP contribution in [0.2, 0.25) is 0 Å². The lowest BCUT2D eigenvalue weighted by molar-refractivity contribution is 0.666. The first kappa shape index (κ1) is 8.82. The molecule has 1 unspecified atom stereocenters. The number of anilines is 1. The Hall–Kier alpha value is -0.760. The standard InChI is InChI=1S/C10H13ClN2/c11-7-9-4-6-13(8-9)10-3-1-2-5-12-10/h1-3,5,9H,4,6-8H2. The van der Waals surface area contributed by atoms with Crippen molar-refractivity contribution in [2.45, 2.75) is 6.42 Å². The van der Waals surface area contributed by atoms with Crippen LogP contribution in [0, 0.1) is 5.92 Å². The molecule has 0 spiro atoms. The van der Waals surface area contributed by atoms with Crippen molar-refractivity contribution in [2.75, 3.05) is 23.9 Å². The number of halogens is 1. The highest BCUT2D eigenvalue weighted by molar-refractivity contribution is 6.18. The average molecular weight is 197 g/mol. The summed E-state index contributed by atoms with van der Waals surface area (Å²) in [5.41, 5.74) is 0. The number of hydrogen-bond acceptors (Lipinski definition) is 2. The van der Waals surface area contributed by atoms with Gasteiger partial charge in [0.05, 0.1) is 0 Å². The Labute approximate surface area is 83.5 Å². The molecule has 1 aliphatic rings. The molecule has 70 valence electrons. The second-order valence-corrected chi connectivity index (χ2v) is 3.75. The average Bonchev–Trinajstić information content (AvgIpc) is 2.67. The molecule has 13 heavy (non-hydrogen) atoms. The summed E-state index contributed by atoms with van der Waals surface area (Å²) in [5, 5.41) is 0. The van der Waals surface area contributed by atoms with Crippen LogP contribution in [0.3, 0.4) is 0 Å². The fraction of sp³-hybridized carbons (Fsp3) is 0.500. The van der Waals surface area contributed by atoms with Gasteiger partial charge in [0.1, 0.15) is 5.82 Å². The van der Waals surface area contributed by atoms with Crippen molar-refractivity contribution in [1.29, 1.82) is 0 Å². The fourth-order valence-corrected chi connectivity index (χ4v) is 1.96. The minimum atomic E-state index is 0.642. The lowest BCUT2D eigenvalue weighted by Crippen LogP contribution is -2.20. The number of aromatic nitrogens is 1. The van der Waals surface area contributed by atoms with Crippen molar-refractivity contribution in [1.82, 2.24) is 4.98 Å². The summed E-state index contributed by atoms with van der Waals surface area (Å²) in [4.78, 5) is 6.61. The highest BCUT2D eigenvalue weighted by Gasteiger charge is 2.21. The molecular formula is C10H13ClN2. The van der Waals surface area contributed by atoms with Crippen LogP contribution in [0.15, 0.2) is 24.4 Å². The van der Waals surface area contributed by atoms with E-state index in [1.165, 1.54) is 6.42 Å². The van der Waals surface area contributed by atoms with Gasteiger partial charge >= 0.3 is 0 Å². The Morgan fingerprint density at radius 3 is 3.08 bits per heavy atom. The summed E-state index contributed by atoms with van der Waals surface area (Å²) in [7, 11) is 0. The zero-order chi connectivity index (χ0) is 9.10. The quantitative estimate of drug-likeness (QED) is 0.674. The summed E-state index contributed by atoms with van der Waals surface area (Å²) in [6, 6.07) is 6.02. The van der Waals surface area contributed by atoms with Crippen LogP contribution >= 0.6 is 11.6 Å². The van der Waals surface area contributed by atoms with E-state index in [0.29, 0.717) is 5.92 Å². The Balaban J connectivity index is 2.04. The first-order chi connectivity index (χ1) is 6.40. The first-order valence-electron chi connectivity index (χ1n) is 4.62. The van der Waals surface area contributed by atoms with Crippen molar-refractivity contribution >= 4 is 17.4 Å². The predicted molar refractivity (Wildman–Crippen MR) is 55.3 cm³/mol. The largest absolute Gasteiger partial charge is 0.356 e. The Morgan fingerprint density at radius 2 is 2.46 bits per heavy atom. The number of pyridine rings is 1. The van der Waals surface area contributed by atoms with Crippen molar-refractivity contribution < 1.29 is 0 Å². The smallest absolute Gasteiger partial charge is 0.128 e. The first-order valence-corrected chi connectivity index (χ1v) is 5.15. The number of hydrogen-bond donors (Lipinski definition) is 0. The van der Waals surface area contributed by atoms with Crippen LogP contribution in [0.25, 0.3) is 0 Å². The third-order valence-electron chi connectivity index (χ3n) is 2.48. The molecule has 0 aromatic carbocycles. The monoisotopic (exact) mass is 196 g/mol. The van der Waals surface area contributed by atoms with E-state index in [1.54, 1.807) is 0 Å². The Morgan fingerprint density at radius 1 is 1.54 bits per heavy atom. The van der Waals surface area contributed by atoms with Crippen LogP contribution in [0.5, 0.6) is 0 Å². The number of rotatable bonds is 2. The van der Waals surface area contributed by atoms with Gasteiger partial charge in [-0.05, 0) is 24.5 Å². The molecule has 1 aromatic rings. The van der Waals surface area contributed by atoms with Crippen molar-refractivity contribution in [2.24, 2.45) is 5.92 Å². The Kier molecular flexibility index (Phi) is 2.69. The molecule has 1 atom stereocenters. The van der Waals surface area contributed by atoms with E-state index in [9.17, 15) is 0 Å². The summed E-state index contributed by atoms with van der Waals surface area (Å²) >= 11 is 5.81. The normalized spacial score (nSPS) is 22.2. The molecule has 2 rings (SSSR count). The molecule has 2 heterocycles. The minimum Gasteiger partial charge on any atom is -0.356 e. The molecule has 1 aliphatic heterocycles. The van der Waals surface area contributed by atoms with E-state index < -0.39 is 0 Å². The maximum Gasteiger partial charge on any atom is 0.128 e. The van der Waals surface area contributed by atoms with Gasteiger partial charge in [-0.2, -0.15) is 0 Å². The van der Waals surface area contributed by atoms with E-state index in [0.717, 1.165) is 24.8 Å². The molecule has 3 heteroatoms. The lowest BCUT2D eigenvalue weighted by atomic mass is 10.2. The Bertz CT molecular complexity index is 263. The van der Waals surface area contributed by atoms with Gasteiger partial charge in [-0.1, -0.05) is 6.07 Å². The molecule has 0 saturated carbocycles. The topological polar surface area (TPSA) is 16.1 Å². The third-order valence-corrected chi connectivity index (χ3v) is 2.91. The van der Waals surface area contributed by atoms with E-state index >= 15 is 0 Å². The van der Waals surface area contributed by atoms with Gasteiger partial charge in [-0.3, -0.25) is 0 Å². The zero-order valence-corrected chi connectivity index (χ0v) is 8.24. The molecule has 1 saturated heterocycles. The SMILES string of the molecule is ClCC1CCN(c2ccccn2)C1. The second-order valence-electron chi connectivity index (χ2n) is 3.44. The highest BCUT2D eigenvalue weighted by atomic mass is 35.5. The van der Waals surface area contributed by atoms with Crippen LogP contribution in [0.4, 0.5) is 5.82 Å². The summed E-state index contributed by atoms with van der Waals surface area (Å²) in [6.07, 6.45) is 3.03. The van der Waals surface area contributed by atoms with Gasteiger partial charge in [0.15, 0.2) is 0 Å². The van der Waals surface area contributed by atoms with Crippen LogP contribution in [-0.2, 0) is 0 Å². The third kappa shape index (κ3) is 1.94. The molecule has 0 radical (unpaired) electrons. The van der Waals surface area contributed by atoms with E-state index in [-0.39, 0.29) is 0 Å². The van der Waals surface area contributed by atoms with Gasteiger partial charge in [0.2, 0.25) is 0 Å². The minimum absolute atomic E-state index is 0.642. The van der Waals surface area contributed by atoms with Gasteiger partial charge in [0, 0.05) is 25.2 Å². The lowest BCUT2D eigenvalue weighted by Gasteiger charge is -2.16. The van der Waals surface area contributed by atoms with E-state index in [1.807, 2.05) is 18.3 Å². The second kappa shape index (κ2) is 3.97. The van der Waals surface area contributed by atoms with Gasteiger partial charge in [0.25, 0.3) is 0 Å². The molecule has 0 bridgehead atoms. The fourth-order valence-electron chi connectivity index (χ4n) is 1.71. The molecule has 0 aliphatic carbocycles. The van der Waals surface area contributed by atoms with Crippen LogP contribution < -0.4 is 4.90 Å². The summed E-state index contributed by atoms with van der Waals surface area (Å²) < 4.78 is 0. The van der Waals surface area contributed by atoms with Crippen molar-refractivity contribution in [3.63, 3.8) is 0 Å². The predicted octanol–water partition coefficient (Wildman–Crippen LogP) is 2.15. The number of alkyl halides is 1. The summed E-state index contributed by atoms with van der Waals surface area (Å²) in [5.74, 6) is 2.49. The molecule has 1 aromatic heterocycles. The molecule has 2 nitrogen and oxygen atoms in total. The molecule has 1 fully saturated rings. The molecular weight excluding hydrogens is 184 g/mol.